The van der Waals surface area contributed by atoms with Gasteiger partial charge in [0.1, 0.15) is 5.82 Å². The summed E-state index contributed by atoms with van der Waals surface area (Å²) in [6, 6.07) is 31.9. The number of benzene rings is 5. The zero-order valence-corrected chi connectivity index (χ0v) is 22.5. The van der Waals surface area contributed by atoms with Gasteiger partial charge in [0.15, 0.2) is 5.43 Å². The van der Waals surface area contributed by atoms with Crippen molar-refractivity contribution < 1.29 is 0 Å². The van der Waals surface area contributed by atoms with Gasteiger partial charge >= 0.3 is 0 Å². The van der Waals surface area contributed by atoms with Gasteiger partial charge in [-0.2, -0.15) is 0 Å². The predicted molar refractivity (Wildman–Crippen MR) is 166 cm³/mol. The Bertz CT molecular complexity index is 2320. The van der Waals surface area contributed by atoms with Crippen molar-refractivity contribution in [3.8, 4) is 22.8 Å². The Morgan fingerprint density at radius 2 is 1.40 bits per heavy atom. The summed E-state index contributed by atoms with van der Waals surface area (Å²) in [5, 5.41) is 1.56. The molecule has 0 atom stereocenters. The van der Waals surface area contributed by atoms with Crippen LogP contribution in [0.25, 0.3) is 55.6 Å². The first kappa shape index (κ1) is 22.0. The second-order valence-electron chi connectivity index (χ2n) is 11.3. The quantitative estimate of drug-likeness (QED) is 0.223. The number of imidazole rings is 1. The van der Waals surface area contributed by atoms with Crippen molar-refractivity contribution >= 4 is 55.9 Å². The summed E-state index contributed by atoms with van der Waals surface area (Å²) in [4.78, 5) is 19.4. The molecule has 40 heavy (non-hydrogen) atoms. The van der Waals surface area contributed by atoms with Gasteiger partial charge in [-0.3, -0.25) is 9.36 Å². The van der Waals surface area contributed by atoms with Crippen LogP contribution in [0.5, 0.6) is 0 Å². The standard InChI is InChI=1S/C35H24BN3O/c1-19-10-8-11-20(2)29(19)35-37-25-15-9-14-24-32(25)39(35)28-18-21(3)30-33-31(28)36(24)23-13-5-7-17-27(23)38(33)26-16-6-4-12-22(26)34(30)40/h4-18H,1-3H3. The summed E-state index contributed by atoms with van der Waals surface area (Å²) in [5.41, 5.74) is 14.7. The van der Waals surface area contributed by atoms with E-state index in [2.05, 4.69) is 103 Å². The predicted octanol–water partition coefficient (Wildman–Crippen LogP) is 5.22. The Hall–Kier alpha value is -4.90. The molecule has 2 aromatic heterocycles. The van der Waals surface area contributed by atoms with E-state index in [9.17, 15) is 4.79 Å². The molecule has 4 heterocycles. The van der Waals surface area contributed by atoms with Crippen molar-refractivity contribution in [2.75, 3.05) is 0 Å². The maximum Gasteiger partial charge on any atom is 0.252 e. The van der Waals surface area contributed by atoms with Gasteiger partial charge < -0.3 is 4.57 Å². The zero-order chi connectivity index (χ0) is 26.9. The van der Waals surface area contributed by atoms with Crippen LogP contribution in [0.2, 0.25) is 0 Å². The summed E-state index contributed by atoms with van der Waals surface area (Å²) < 4.78 is 4.71. The molecule has 0 fully saturated rings. The first-order valence-electron chi connectivity index (χ1n) is 13.8. The molecule has 0 N–H and O–H groups in total. The Kier molecular flexibility index (Phi) is 4.06. The lowest BCUT2D eigenvalue weighted by atomic mass is 9.34. The molecule has 0 unspecified atom stereocenters. The third-order valence-corrected chi connectivity index (χ3v) is 9.10. The van der Waals surface area contributed by atoms with Crippen LogP contribution >= 0.6 is 0 Å². The van der Waals surface area contributed by atoms with Crippen molar-refractivity contribution in [1.82, 2.24) is 14.1 Å². The molecule has 2 aliphatic heterocycles. The fraction of sp³-hybridized carbons (Fsp3) is 0.0857. The number of hydrogen-bond acceptors (Lipinski definition) is 2. The number of fused-ring (bicyclic) bond motifs is 7. The highest BCUT2D eigenvalue weighted by Crippen LogP contribution is 2.37. The normalized spacial score (nSPS) is 12.9. The zero-order valence-electron chi connectivity index (χ0n) is 22.5. The fourth-order valence-electron chi connectivity index (χ4n) is 7.52. The SMILES string of the molecule is Cc1cccc(C)c1-c1nc2cccc3c2n1-c1cc(C)c2c(=O)c4ccccc4n4c2c1B3c1ccccc1-4. The molecule has 5 aromatic carbocycles. The smallest absolute Gasteiger partial charge is 0.252 e. The van der Waals surface area contributed by atoms with Crippen LogP contribution in [0.3, 0.4) is 0 Å². The summed E-state index contributed by atoms with van der Waals surface area (Å²) in [5.74, 6) is 0.958. The minimum atomic E-state index is 0.00794. The van der Waals surface area contributed by atoms with Crippen LogP contribution in [-0.4, -0.2) is 20.8 Å². The lowest BCUT2D eigenvalue weighted by molar-refractivity contribution is 1.09. The molecule has 0 aliphatic carbocycles. The van der Waals surface area contributed by atoms with Crippen molar-refractivity contribution in [1.29, 1.82) is 0 Å². The molecule has 4 nitrogen and oxygen atoms in total. The van der Waals surface area contributed by atoms with E-state index < -0.39 is 0 Å². The van der Waals surface area contributed by atoms with Crippen LogP contribution in [0.4, 0.5) is 0 Å². The molecule has 9 rings (SSSR count). The van der Waals surface area contributed by atoms with Gasteiger partial charge in [-0.1, -0.05) is 60.7 Å². The summed E-state index contributed by atoms with van der Waals surface area (Å²) in [6.45, 7) is 6.42. The van der Waals surface area contributed by atoms with Gasteiger partial charge in [0.2, 0.25) is 0 Å². The maximum atomic E-state index is 14.1. The second-order valence-corrected chi connectivity index (χ2v) is 11.3. The highest BCUT2D eigenvalue weighted by atomic mass is 16.1. The van der Waals surface area contributed by atoms with Crippen LogP contribution < -0.4 is 21.8 Å². The van der Waals surface area contributed by atoms with Crippen LogP contribution in [0.1, 0.15) is 16.7 Å². The molecule has 188 valence electrons. The second kappa shape index (κ2) is 7.39. The molecule has 5 heteroatoms. The monoisotopic (exact) mass is 513 g/mol. The lowest BCUT2D eigenvalue weighted by Crippen LogP contribution is -2.59. The molecule has 7 aromatic rings. The molecule has 0 saturated carbocycles. The molecular weight excluding hydrogens is 489 g/mol. The number of rotatable bonds is 1. The molecule has 0 bridgehead atoms. The van der Waals surface area contributed by atoms with E-state index in [1.165, 1.54) is 33.1 Å². The van der Waals surface area contributed by atoms with Crippen molar-refractivity contribution in [2.24, 2.45) is 0 Å². The highest BCUT2D eigenvalue weighted by Gasteiger charge is 2.41. The van der Waals surface area contributed by atoms with Crippen LogP contribution in [-0.2, 0) is 0 Å². The molecule has 0 saturated heterocycles. The Morgan fingerprint density at radius 3 is 2.25 bits per heavy atom. The lowest BCUT2D eigenvalue weighted by Gasteiger charge is -2.35. The van der Waals surface area contributed by atoms with Crippen molar-refractivity contribution in [3.05, 3.63) is 118 Å². The maximum absolute atomic E-state index is 14.1. The van der Waals surface area contributed by atoms with Gasteiger partial charge in [-0.25, -0.2) is 4.98 Å². The van der Waals surface area contributed by atoms with Crippen molar-refractivity contribution in [2.45, 2.75) is 20.8 Å². The van der Waals surface area contributed by atoms with Gasteiger partial charge in [0.25, 0.3) is 6.71 Å². The molecule has 2 aliphatic rings. The Balaban J connectivity index is 1.58. The number of aryl methyl sites for hydroxylation is 3. The van der Waals surface area contributed by atoms with E-state index in [0.29, 0.717) is 0 Å². The average Bonchev–Trinajstić information content (AvgIpc) is 3.34. The number of hydrogen-bond donors (Lipinski definition) is 0. The van der Waals surface area contributed by atoms with E-state index in [-0.39, 0.29) is 12.1 Å². The average molecular weight is 513 g/mol. The minimum Gasteiger partial charge on any atom is -0.310 e. The summed E-state index contributed by atoms with van der Waals surface area (Å²) in [6.07, 6.45) is 0. The van der Waals surface area contributed by atoms with Gasteiger partial charge in [0.05, 0.1) is 22.1 Å². The Morgan fingerprint density at radius 1 is 0.675 bits per heavy atom. The number of pyridine rings is 1. The van der Waals surface area contributed by atoms with E-state index in [4.69, 9.17) is 4.98 Å². The minimum absolute atomic E-state index is 0.00794. The molecule has 0 amide bonds. The number of nitrogens with zero attached hydrogens (tertiary/aromatic N) is 3. The number of aromatic nitrogens is 3. The van der Waals surface area contributed by atoms with Gasteiger partial charge in [-0.05, 0) is 84.2 Å². The summed E-state index contributed by atoms with van der Waals surface area (Å²) >= 11 is 0. The number of para-hydroxylation sites is 3. The van der Waals surface area contributed by atoms with Gasteiger partial charge in [-0.15, -0.1) is 0 Å². The topological polar surface area (TPSA) is 39.8 Å². The van der Waals surface area contributed by atoms with E-state index in [1.54, 1.807) is 0 Å². The highest BCUT2D eigenvalue weighted by molar-refractivity contribution is 7.00. The van der Waals surface area contributed by atoms with E-state index in [0.717, 1.165) is 55.6 Å². The van der Waals surface area contributed by atoms with E-state index in [1.807, 2.05) is 18.2 Å². The fourth-order valence-corrected chi connectivity index (χ4v) is 7.52. The van der Waals surface area contributed by atoms with E-state index >= 15 is 0 Å². The summed E-state index contributed by atoms with van der Waals surface area (Å²) in [7, 11) is 0. The third-order valence-electron chi connectivity index (χ3n) is 9.10. The van der Waals surface area contributed by atoms with Crippen LogP contribution in [0.15, 0.2) is 95.8 Å². The molecule has 0 spiro atoms. The van der Waals surface area contributed by atoms with Crippen LogP contribution in [0, 0.1) is 20.8 Å². The largest absolute Gasteiger partial charge is 0.310 e. The van der Waals surface area contributed by atoms with Gasteiger partial charge in [0, 0.05) is 27.7 Å². The van der Waals surface area contributed by atoms with Crippen molar-refractivity contribution in [3.63, 3.8) is 0 Å². The molecule has 0 radical (unpaired) electrons. The Labute approximate surface area is 231 Å². The first-order chi connectivity index (χ1) is 19.5. The molecular formula is C35H24BN3O. The third kappa shape index (κ3) is 2.49. The first-order valence-corrected chi connectivity index (χ1v) is 13.8.